The van der Waals surface area contributed by atoms with Gasteiger partial charge in [0.05, 0.1) is 25.1 Å². The third-order valence-electron chi connectivity index (χ3n) is 4.82. The molecule has 0 bridgehead atoms. The summed E-state index contributed by atoms with van der Waals surface area (Å²) in [6.45, 7) is 10.9. The van der Waals surface area contributed by atoms with Crippen LogP contribution in [0.2, 0.25) is 0 Å². The highest BCUT2D eigenvalue weighted by Gasteiger charge is 2.24. The number of hydrogen-bond donors (Lipinski definition) is 1. The van der Waals surface area contributed by atoms with E-state index in [0.717, 1.165) is 49.3 Å². The fraction of sp³-hybridized carbons (Fsp3) is 0.684. The number of fused-ring (bicyclic) bond motifs is 3. The van der Waals surface area contributed by atoms with Crippen LogP contribution in [0.1, 0.15) is 49.9 Å². The number of aryl methyl sites for hydroxylation is 2. The van der Waals surface area contributed by atoms with Crippen molar-refractivity contribution in [2.75, 3.05) is 31.6 Å². The van der Waals surface area contributed by atoms with Crippen LogP contribution in [0.5, 0.6) is 0 Å². The van der Waals surface area contributed by atoms with Crippen molar-refractivity contribution in [1.82, 2.24) is 14.9 Å². The van der Waals surface area contributed by atoms with Crippen LogP contribution in [0.25, 0.3) is 10.2 Å². The molecule has 0 aromatic carbocycles. The van der Waals surface area contributed by atoms with E-state index in [9.17, 15) is 0 Å². The number of thiophene rings is 1. The number of ether oxygens (including phenoxy) is 1. The van der Waals surface area contributed by atoms with Crippen molar-refractivity contribution in [3.8, 4) is 0 Å². The fourth-order valence-electron chi connectivity index (χ4n) is 3.68. The second-order valence-electron chi connectivity index (χ2n) is 8.14. The Kier molecular flexibility index (Phi) is 4.69. The van der Waals surface area contributed by atoms with Gasteiger partial charge in [0.15, 0.2) is 0 Å². The molecule has 1 fully saturated rings. The average molecular weight is 361 g/mol. The summed E-state index contributed by atoms with van der Waals surface area (Å²) in [5.74, 6) is 1.96. The van der Waals surface area contributed by atoms with E-state index in [1.165, 1.54) is 41.5 Å². The standard InChI is InChI=1S/C19H28N4OS/c1-19(2,3)22-17-16-13-6-4-5-7-14(13)25-18(16)21-15(20-17)12-23-8-10-24-11-9-23/h4-12H2,1-3H3,(H,20,21,22). The molecule has 0 radical (unpaired) electrons. The highest BCUT2D eigenvalue weighted by Crippen LogP contribution is 2.39. The van der Waals surface area contributed by atoms with Gasteiger partial charge in [-0.15, -0.1) is 11.3 Å². The monoisotopic (exact) mass is 360 g/mol. The van der Waals surface area contributed by atoms with E-state index in [-0.39, 0.29) is 5.54 Å². The normalized spacial score (nSPS) is 19.2. The van der Waals surface area contributed by atoms with Crippen molar-refractivity contribution in [3.63, 3.8) is 0 Å². The summed E-state index contributed by atoms with van der Waals surface area (Å²) >= 11 is 1.88. The first-order chi connectivity index (χ1) is 12.0. The van der Waals surface area contributed by atoms with Crippen LogP contribution >= 0.6 is 11.3 Å². The third kappa shape index (κ3) is 3.81. The van der Waals surface area contributed by atoms with Gasteiger partial charge in [0.2, 0.25) is 0 Å². The highest BCUT2D eigenvalue weighted by molar-refractivity contribution is 7.19. The molecule has 6 heteroatoms. The molecule has 4 rings (SSSR count). The first-order valence-corrected chi connectivity index (χ1v) is 10.2. The van der Waals surface area contributed by atoms with Gasteiger partial charge < -0.3 is 10.1 Å². The molecule has 5 nitrogen and oxygen atoms in total. The molecule has 2 aromatic heterocycles. The van der Waals surface area contributed by atoms with Crippen molar-refractivity contribution in [2.24, 2.45) is 0 Å². The maximum atomic E-state index is 5.46. The topological polar surface area (TPSA) is 50.3 Å². The predicted octanol–water partition coefficient (Wildman–Crippen LogP) is 3.61. The van der Waals surface area contributed by atoms with Gasteiger partial charge in [-0.3, -0.25) is 4.90 Å². The van der Waals surface area contributed by atoms with Gasteiger partial charge in [-0.05, 0) is 52.0 Å². The first-order valence-electron chi connectivity index (χ1n) is 9.39. The van der Waals surface area contributed by atoms with Gasteiger partial charge >= 0.3 is 0 Å². The highest BCUT2D eigenvalue weighted by atomic mass is 32.1. The van der Waals surface area contributed by atoms with E-state index in [1.807, 2.05) is 11.3 Å². The zero-order valence-corrected chi connectivity index (χ0v) is 16.3. The van der Waals surface area contributed by atoms with Gasteiger partial charge in [0.1, 0.15) is 16.5 Å². The maximum Gasteiger partial charge on any atom is 0.146 e. The number of nitrogens with one attached hydrogen (secondary N) is 1. The lowest BCUT2D eigenvalue weighted by atomic mass is 9.96. The van der Waals surface area contributed by atoms with Gasteiger partial charge in [0.25, 0.3) is 0 Å². The Morgan fingerprint density at radius 1 is 1.12 bits per heavy atom. The molecule has 2 aliphatic rings. The Balaban J connectivity index is 1.74. The Hall–Kier alpha value is -1.24. The molecule has 1 aliphatic carbocycles. The van der Waals surface area contributed by atoms with Crippen LogP contribution in [0, 0.1) is 0 Å². The fourth-order valence-corrected chi connectivity index (χ4v) is 4.96. The number of nitrogens with zero attached hydrogens (tertiary/aromatic N) is 3. The number of hydrogen-bond acceptors (Lipinski definition) is 6. The Labute approximate surface area is 153 Å². The minimum absolute atomic E-state index is 0.0129. The van der Waals surface area contributed by atoms with Crippen LogP contribution in [-0.2, 0) is 24.1 Å². The molecule has 2 aromatic rings. The molecule has 0 saturated carbocycles. The van der Waals surface area contributed by atoms with Crippen molar-refractivity contribution < 1.29 is 4.74 Å². The lowest BCUT2D eigenvalue weighted by Gasteiger charge is -2.26. The van der Waals surface area contributed by atoms with Gasteiger partial charge in [0, 0.05) is 23.5 Å². The number of aromatic nitrogens is 2. The van der Waals surface area contributed by atoms with Crippen LogP contribution in [0.15, 0.2) is 0 Å². The number of anilines is 1. The Morgan fingerprint density at radius 2 is 1.88 bits per heavy atom. The molecule has 1 saturated heterocycles. The lowest BCUT2D eigenvalue weighted by molar-refractivity contribution is 0.0331. The van der Waals surface area contributed by atoms with E-state index in [4.69, 9.17) is 14.7 Å². The van der Waals surface area contributed by atoms with Crippen molar-refractivity contribution in [3.05, 3.63) is 16.3 Å². The molecule has 1 aliphatic heterocycles. The second-order valence-corrected chi connectivity index (χ2v) is 9.23. The van der Waals surface area contributed by atoms with Crippen molar-refractivity contribution in [1.29, 1.82) is 0 Å². The molecule has 1 N–H and O–H groups in total. The molecular formula is C19H28N4OS. The summed E-state index contributed by atoms with van der Waals surface area (Å²) in [5, 5.41) is 4.93. The Morgan fingerprint density at radius 3 is 2.64 bits per heavy atom. The van der Waals surface area contributed by atoms with Crippen molar-refractivity contribution in [2.45, 2.75) is 58.5 Å². The molecule has 136 valence electrons. The van der Waals surface area contributed by atoms with E-state index in [2.05, 4.69) is 31.0 Å². The molecule has 3 heterocycles. The zero-order valence-electron chi connectivity index (χ0n) is 15.5. The molecule has 0 spiro atoms. The molecular weight excluding hydrogens is 332 g/mol. The molecule has 0 atom stereocenters. The maximum absolute atomic E-state index is 5.46. The lowest BCUT2D eigenvalue weighted by Crippen LogP contribution is -2.36. The largest absolute Gasteiger partial charge is 0.379 e. The van der Waals surface area contributed by atoms with Crippen molar-refractivity contribution >= 4 is 27.4 Å². The number of rotatable bonds is 3. The summed E-state index contributed by atoms with van der Waals surface area (Å²) in [6.07, 6.45) is 4.95. The minimum atomic E-state index is -0.0129. The third-order valence-corrected chi connectivity index (χ3v) is 6.01. The van der Waals surface area contributed by atoms with E-state index in [1.54, 1.807) is 0 Å². The van der Waals surface area contributed by atoms with E-state index < -0.39 is 0 Å². The smallest absolute Gasteiger partial charge is 0.146 e. The molecule has 0 unspecified atom stereocenters. The second kappa shape index (κ2) is 6.82. The zero-order chi connectivity index (χ0) is 17.4. The van der Waals surface area contributed by atoms with Gasteiger partial charge in [-0.2, -0.15) is 0 Å². The SMILES string of the molecule is CC(C)(C)Nc1nc(CN2CCOCC2)nc2sc3c(c12)CCCC3. The van der Waals surface area contributed by atoms with Gasteiger partial charge in [-0.25, -0.2) is 9.97 Å². The van der Waals surface area contributed by atoms with Crippen LogP contribution < -0.4 is 5.32 Å². The molecule has 0 amide bonds. The minimum Gasteiger partial charge on any atom is -0.379 e. The summed E-state index contributed by atoms with van der Waals surface area (Å²) in [5.41, 5.74) is 1.48. The summed E-state index contributed by atoms with van der Waals surface area (Å²) in [4.78, 5) is 15.0. The summed E-state index contributed by atoms with van der Waals surface area (Å²) in [7, 11) is 0. The van der Waals surface area contributed by atoms with Crippen LogP contribution in [0.4, 0.5) is 5.82 Å². The average Bonchev–Trinajstić information content (AvgIpc) is 2.93. The predicted molar refractivity (Wildman–Crippen MR) is 104 cm³/mol. The number of morpholine rings is 1. The van der Waals surface area contributed by atoms with E-state index in [0.29, 0.717) is 0 Å². The van der Waals surface area contributed by atoms with Crippen LogP contribution in [0.3, 0.4) is 0 Å². The van der Waals surface area contributed by atoms with Crippen LogP contribution in [-0.4, -0.2) is 46.7 Å². The summed E-state index contributed by atoms with van der Waals surface area (Å²) in [6, 6.07) is 0. The summed E-state index contributed by atoms with van der Waals surface area (Å²) < 4.78 is 5.46. The quantitative estimate of drug-likeness (QED) is 0.906. The Bertz CT molecular complexity index is 759. The van der Waals surface area contributed by atoms with Gasteiger partial charge in [-0.1, -0.05) is 0 Å². The van der Waals surface area contributed by atoms with E-state index >= 15 is 0 Å². The molecule has 25 heavy (non-hydrogen) atoms. The first kappa shape index (κ1) is 17.2.